The van der Waals surface area contributed by atoms with E-state index in [4.69, 9.17) is 6.42 Å². The van der Waals surface area contributed by atoms with Gasteiger partial charge in [0.05, 0.1) is 5.41 Å². The maximum Gasteiger partial charge on any atom is 0.235 e. The van der Waals surface area contributed by atoms with Gasteiger partial charge in [-0.3, -0.25) is 14.5 Å². The molecule has 0 aromatic carbocycles. The largest absolute Gasteiger partial charge is 0.282 e. The average Bonchev–Trinajstić information content (AvgIpc) is 2.43. The van der Waals surface area contributed by atoms with E-state index in [1.165, 1.54) is 4.90 Å². The standard InChI is InChI=1S/C13H19NO2/c1-5-6-7-8-14-11(15)9-13(4,10(2)3)12(14)16/h1,10H,6-9H2,2-4H3. The number of likely N-dealkylation sites (tertiary alicyclic amines) is 1. The summed E-state index contributed by atoms with van der Waals surface area (Å²) in [5.41, 5.74) is -0.521. The number of nitrogens with zero attached hydrogens (tertiary/aromatic N) is 1. The number of terminal acetylenes is 1. The summed E-state index contributed by atoms with van der Waals surface area (Å²) >= 11 is 0. The van der Waals surface area contributed by atoms with Gasteiger partial charge in [-0.05, 0) is 19.3 Å². The van der Waals surface area contributed by atoms with Crippen molar-refractivity contribution in [3.63, 3.8) is 0 Å². The Morgan fingerprint density at radius 2 is 2.12 bits per heavy atom. The smallest absolute Gasteiger partial charge is 0.235 e. The Labute approximate surface area is 97.2 Å². The molecule has 0 bridgehead atoms. The van der Waals surface area contributed by atoms with Crippen LogP contribution in [0.5, 0.6) is 0 Å². The van der Waals surface area contributed by atoms with Gasteiger partial charge in [0.2, 0.25) is 11.8 Å². The van der Waals surface area contributed by atoms with E-state index in [1.54, 1.807) is 0 Å². The van der Waals surface area contributed by atoms with E-state index in [2.05, 4.69) is 5.92 Å². The fourth-order valence-corrected chi connectivity index (χ4v) is 1.92. The third-order valence-corrected chi connectivity index (χ3v) is 3.53. The second-order valence-corrected chi connectivity index (χ2v) is 4.91. The minimum atomic E-state index is -0.521. The molecule has 1 rings (SSSR count). The monoisotopic (exact) mass is 221 g/mol. The summed E-state index contributed by atoms with van der Waals surface area (Å²) in [7, 11) is 0. The second-order valence-electron chi connectivity index (χ2n) is 4.91. The Morgan fingerprint density at radius 1 is 1.50 bits per heavy atom. The highest BCUT2D eigenvalue weighted by molar-refractivity contribution is 6.05. The fraction of sp³-hybridized carbons (Fsp3) is 0.692. The van der Waals surface area contributed by atoms with Crippen LogP contribution in [0.25, 0.3) is 0 Å². The highest BCUT2D eigenvalue weighted by Crippen LogP contribution is 2.39. The van der Waals surface area contributed by atoms with Crippen LogP contribution >= 0.6 is 0 Å². The molecular formula is C13H19NO2. The summed E-state index contributed by atoms with van der Waals surface area (Å²) in [5.74, 6) is 2.60. The normalized spacial score (nSPS) is 25.3. The Morgan fingerprint density at radius 3 is 2.56 bits per heavy atom. The van der Waals surface area contributed by atoms with Crippen molar-refractivity contribution in [1.82, 2.24) is 4.90 Å². The first-order chi connectivity index (χ1) is 7.43. The van der Waals surface area contributed by atoms with Crippen LogP contribution < -0.4 is 0 Å². The zero-order chi connectivity index (χ0) is 12.3. The molecule has 0 aromatic heterocycles. The molecule has 1 unspecified atom stereocenters. The first-order valence-corrected chi connectivity index (χ1v) is 5.71. The molecular weight excluding hydrogens is 202 g/mol. The van der Waals surface area contributed by atoms with Gasteiger partial charge < -0.3 is 0 Å². The van der Waals surface area contributed by atoms with Gasteiger partial charge in [0.25, 0.3) is 0 Å². The molecule has 2 amide bonds. The zero-order valence-corrected chi connectivity index (χ0v) is 10.2. The predicted octanol–water partition coefficient (Wildman–Crippen LogP) is 1.82. The fourth-order valence-electron chi connectivity index (χ4n) is 1.92. The van der Waals surface area contributed by atoms with Crippen LogP contribution in [0, 0.1) is 23.7 Å². The number of carbonyl (C=O) groups is 2. The molecule has 1 heterocycles. The van der Waals surface area contributed by atoms with Crippen molar-refractivity contribution in [1.29, 1.82) is 0 Å². The second kappa shape index (κ2) is 4.69. The van der Waals surface area contributed by atoms with Gasteiger partial charge in [0.15, 0.2) is 0 Å². The minimum absolute atomic E-state index is 0.0375. The molecule has 0 N–H and O–H groups in total. The zero-order valence-electron chi connectivity index (χ0n) is 10.2. The Balaban J connectivity index is 2.72. The van der Waals surface area contributed by atoms with Gasteiger partial charge >= 0.3 is 0 Å². The molecule has 1 aliphatic heterocycles. The lowest BCUT2D eigenvalue weighted by Gasteiger charge is -2.25. The van der Waals surface area contributed by atoms with Crippen molar-refractivity contribution in [2.75, 3.05) is 6.54 Å². The number of hydrogen-bond acceptors (Lipinski definition) is 2. The van der Waals surface area contributed by atoms with Crippen molar-refractivity contribution in [2.45, 2.75) is 40.0 Å². The molecule has 1 atom stereocenters. The molecule has 1 aliphatic rings. The third-order valence-electron chi connectivity index (χ3n) is 3.53. The maximum absolute atomic E-state index is 12.1. The molecule has 3 nitrogen and oxygen atoms in total. The Hall–Kier alpha value is -1.30. The quantitative estimate of drug-likeness (QED) is 0.412. The van der Waals surface area contributed by atoms with Crippen LogP contribution in [0.3, 0.4) is 0 Å². The van der Waals surface area contributed by atoms with Crippen LogP contribution in [-0.4, -0.2) is 23.3 Å². The summed E-state index contributed by atoms with van der Waals surface area (Å²) in [6.45, 7) is 6.30. The van der Waals surface area contributed by atoms with Crippen LogP contribution in [0.1, 0.15) is 40.0 Å². The maximum atomic E-state index is 12.1. The molecule has 88 valence electrons. The number of imide groups is 1. The number of unbranched alkanes of at least 4 members (excludes halogenated alkanes) is 1. The Kier molecular flexibility index (Phi) is 3.74. The number of rotatable bonds is 4. The van der Waals surface area contributed by atoms with Crippen LogP contribution in [0.2, 0.25) is 0 Å². The molecule has 0 saturated carbocycles. The molecule has 0 aromatic rings. The molecule has 1 fully saturated rings. The Bertz CT molecular complexity index is 340. The van der Waals surface area contributed by atoms with E-state index in [1.807, 2.05) is 20.8 Å². The van der Waals surface area contributed by atoms with Gasteiger partial charge in [0.1, 0.15) is 0 Å². The summed E-state index contributed by atoms with van der Waals surface area (Å²) in [5, 5.41) is 0. The van der Waals surface area contributed by atoms with Crippen molar-refractivity contribution in [3.8, 4) is 12.3 Å². The summed E-state index contributed by atoms with van der Waals surface area (Å²) in [6, 6.07) is 0. The van der Waals surface area contributed by atoms with Crippen molar-refractivity contribution < 1.29 is 9.59 Å². The summed E-state index contributed by atoms with van der Waals surface area (Å²) in [4.78, 5) is 25.3. The van der Waals surface area contributed by atoms with E-state index in [0.717, 1.165) is 0 Å². The number of amides is 2. The topological polar surface area (TPSA) is 37.4 Å². The molecule has 3 heteroatoms. The van der Waals surface area contributed by atoms with E-state index < -0.39 is 5.41 Å². The molecule has 0 aliphatic carbocycles. The van der Waals surface area contributed by atoms with Crippen molar-refractivity contribution in [2.24, 2.45) is 11.3 Å². The highest BCUT2D eigenvalue weighted by Gasteiger charge is 2.49. The lowest BCUT2D eigenvalue weighted by molar-refractivity contribution is -0.142. The first-order valence-electron chi connectivity index (χ1n) is 5.71. The van der Waals surface area contributed by atoms with E-state index in [-0.39, 0.29) is 17.7 Å². The van der Waals surface area contributed by atoms with Crippen LogP contribution in [0.4, 0.5) is 0 Å². The summed E-state index contributed by atoms with van der Waals surface area (Å²) in [6.07, 6.45) is 6.78. The SMILES string of the molecule is C#CCCCN1C(=O)CC(C)(C(C)C)C1=O. The lowest BCUT2D eigenvalue weighted by atomic mass is 9.78. The van der Waals surface area contributed by atoms with Crippen LogP contribution in [0.15, 0.2) is 0 Å². The average molecular weight is 221 g/mol. The minimum Gasteiger partial charge on any atom is -0.282 e. The van der Waals surface area contributed by atoms with Gasteiger partial charge in [-0.1, -0.05) is 13.8 Å². The van der Waals surface area contributed by atoms with Gasteiger partial charge in [-0.15, -0.1) is 12.3 Å². The molecule has 0 spiro atoms. The molecule has 0 radical (unpaired) electrons. The predicted molar refractivity (Wildman–Crippen MR) is 62.3 cm³/mol. The molecule has 16 heavy (non-hydrogen) atoms. The van der Waals surface area contributed by atoms with Gasteiger partial charge in [0, 0.05) is 19.4 Å². The van der Waals surface area contributed by atoms with E-state index >= 15 is 0 Å². The third kappa shape index (κ3) is 2.11. The van der Waals surface area contributed by atoms with Gasteiger partial charge in [-0.2, -0.15) is 0 Å². The van der Waals surface area contributed by atoms with Gasteiger partial charge in [-0.25, -0.2) is 0 Å². The van der Waals surface area contributed by atoms with Crippen molar-refractivity contribution in [3.05, 3.63) is 0 Å². The number of hydrogen-bond donors (Lipinski definition) is 0. The molecule has 1 saturated heterocycles. The first kappa shape index (κ1) is 12.8. The van der Waals surface area contributed by atoms with Crippen LogP contribution in [-0.2, 0) is 9.59 Å². The highest BCUT2D eigenvalue weighted by atomic mass is 16.2. The van der Waals surface area contributed by atoms with E-state index in [9.17, 15) is 9.59 Å². The van der Waals surface area contributed by atoms with Crippen molar-refractivity contribution >= 4 is 11.8 Å². The van der Waals surface area contributed by atoms with E-state index in [0.29, 0.717) is 25.8 Å². The lowest BCUT2D eigenvalue weighted by Crippen LogP contribution is -2.37. The number of carbonyl (C=O) groups excluding carboxylic acids is 2. The summed E-state index contributed by atoms with van der Waals surface area (Å²) < 4.78 is 0.